The zero-order chi connectivity index (χ0) is 18.1. The first-order chi connectivity index (χ1) is 11.9. The van der Waals surface area contributed by atoms with Gasteiger partial charge < -0.3 is 14.7 Å². The van der Waals surface area contributed by atoms with Gasteiger partial charge in [-0.25, -0.2) is 4.98 Å². The molecule has 0 aliphatic heterocycles. The number of rotatable bonds is 5. The van der Waals surface area contributed by atoms with Gasteiger partial charge in [0.15, 0.2) is 17.3 Å². The molecule has 1 aromatic carbocycles. The molecular formula is C19H21N3O3. The Morgan fingerprint density at radius 1 is 1.28 bits per heavy atom. The standard InChI is InChI=1S/C19H21N3O3/c1-5-6-14-17(11(3)23)10(2)20-18(14)19(24)22-13-7-8-15-16(9-13)25-12(4)21-15/h7-9,20H,5-6H2,1-4H3,(H,22,24). The summed E-state index contributed by atoms with van der Waals surface area (Å²) in [5, 5.41) is 2.87. The lowest BCUT2D eigenvalue weighted by atomic mass is 10.0. The topological polar surface area (TPSA) is 88.0 Å². The predicted molar refractivity (Wildman–Crippen MR) is 96.2 cm³/mol. The molecule has 6 nitrogen and oxygen atoms in total. The summed E-state index contributed by atoms with van der Waals surface area (Å²) in [4.78, 5) is 32.0. The molecule has 0 unspecified atom stereocenters. The Bertz CT molecular complexity index is 966. The first-order valence-electron chi connectivity index (χ1n) is 8.31. The number of anilines is 1. The minimum Gasteiger partial charge on any atom is -0.441 e. The number of carbonyl (C=O) groups excluding carboxylic acids is 2. The summed E-state index contributed by atoms with van der Waals surface area (Å²) in [7, 11) is 0. The predicted octanol–water partition coefficient (Wildman–Crippen LogP) is 4.18. The third-order valence-corrected chi connectivity index (χ3v) is 4.12. The van der Waals surface area contributed by atoms with Crippen molar-refractivity contribution in [1.82, 2.24) is 9.97 Å². The maximum atomic E-state index is 12.7. The second kappa shape index (κ2) is 6.55. The van der Waals surface area contributed by atoms with Gasteiger partial charge in [-0.2, -0.15) is 0 Å². The molecule has 2 aromatic heterocycles. The van der Waals surface area contributed by atoms with Crippen LogP contribution in [0, 0.1) is 13.8 Å². The SMILES string of the molecule is CCCc1c(C(=O)Nc2ccc3nc(C)oc3c2)[nH]c(C)c1C(C)=O. The molecule has 25 heavy (non-hydrogen) atoms. The monoisotopic (exact) mass is 339 g/mol. The smallest absolute Gasteiger partial charge is 0.272 e. The van der Waals surface area contributed by atoms with Crippen LogP contribution in [0.4, 0.5) is 5.69 Å². The highest BCUT2D eigenvalue weighted by Crippen LogP contribution is 2.24. The van der Waals surface area contributed by atoms with E-state index in [1.165, 1.54) is 6.92 Å². The number of hydrogen-bond donors (Lipinski definition) is 2. The Kier molecular flexibility index (Phi) is 4.44. The van der Waals surface area contributed by atoms with Crippen LogP contribution in [0.25, 0.3) is 11.1 Å². The molecule has 0 spiro atoms. The number of fused-ring (bicyclic) bond motifs is 1. The Hall–Kier alpha value is -2.89. The number of H-pyrrole nitrogens is 1. The molecule has 0 radical (unpaired) electrons. The van der Waals surface area contributed by atoms with Crippen molar-refractivity contribution in [2.45, 2.75) is 40.5 Å². The largest absolute Gasteiger partial charge is 0.441 e. The Balaban J connectivity index is 1.94. The lowest BCUT2D eigenvalue weighted by Gasteiger charge is -2.07. The van der Waals surface area contributed by atoms with Crippen molar-refractivity contribution in [3.63, 3.8) is 0 Å². The van der Waals surface area contributed by atoms with Gasteiger partial charge in [0.05, 0.1) is 0 Å². The number of Topliss-reactive ketones (excluding diaryl/α,β-unsaturated/α-hetero) is 1. The van der Waals surface area contributed by atoms with Crippen LogP contribution in [0.15, 0.2) is 22.6 Å². The number of aromatic amines is 1. The molecule has 2 heterocycles. The molecule has 3 aromatic rings. The van der Waals surface area contributed by atoms with E-state index in [0.29, 0.717) is 34.8 Å². The van der Waals surface area contributed by atoms with Crippen LogP contribution in [-0.2, 0) is 6.42 Å². The Morgan fingerprint density at radius 3 is 2.72 bits per heavy atom. The van der Waals surface area contributed by atoms with Gasteiger partial charge >= 0.3 is 0 Å². The third kappa shape index (κ3) is 3.20. The van der Waals surface area contributed by atoms with Crippen LogP contribution in [0.2, 0.25) is 0 Å². The van der Waals surface area contributed by atoms with Gasteiger partial charge in [-0.1, -0.05) is 13.3 Å². The summed E-state index contributed by atoms with van der Waals surface area (Å²) in [5.74, 6) is 0.277. The van der Waals surface area contributed by atoms with Gasteiger partial charge in [-0.3, -0.25) is 9.59 Å². The highest BCUT2D eigenvalue weighted by Gasteiger charge is 2.22. The van der Waals surface area contributed by atoms with E-state index >= 15 is 0 Å². The molecule has 0 bridgehead atoms. The molecule has 0 saturated carbocycles. The van der Waals surface area contributed by atoms with Crippen LogP contribution in [0.1, 0.15) is 58.3 Å². The van der Waals surface area contributed by atoms with E-state index in [0.717, 1.165) is 23.2 Å². The van der Waals surface area contributed by atoms with Crippen molar-refractivity contribution in [2.75, 3.05) is 5.32 Å². The highest BCUT2D eigenvalue weighted by atomic mass is 16.3. The molecule has 3 rings (SSSR count). The molecule has 0 saturated heterocycles. The molecule has 2 N–H and O–H groups in total. The van der Waals surface area contributed by atoms with E-state index in [1.54, 1.807) is 25.1 Å². The first kappa shape index (κ1) is 17.0. The molecule has 0 atom stereocenters. The van der Waals surface area contributed by atoms with Crippen molar-refractivity contribution >= 4 is 28.5 Å². The van der Waals surface area contributed by atoms with Crippen molar-refractivity contribution < 1.29 is 14.0 Å². The van der Waals surface area contributed by atoms with Gasteiger partial charge in [-0.05, 0) is 38.0 Å². The molecule has 0 fully saturated rings. The van der Waals surface area contributed by atoms with Crippen LogP contribution in [-0.4, -0.2) is 21.7 Å². The number of nitrogens with zero attached hydrogens (tertiary/aromatic N) is 1. The maximum absolute atomic E-state index is 12.7. The maximum Gasteiger partial charge on any atom is 0.272 e. The molecule has 0 aliphatic carbocycles. The number of amides is 1. The minimum atomic E-state index is -0.269. The highest BCUT2D eigenvalue weighted by molar-refractivity contribution is 6.08. The van der Waals surface area contributed by atoms with Crippen molar-refractivity contribution in [3.8, 4) is 0 Å². The molecule has 0 aliphatic rings. The van der Waals surface area contributed by atoms with Crippen molar-refractivity contribution in [3.05, 3.63) is 46.6 Å². The first-order valence-corrected chi connectivity index (χ1v) is 8.31. The van der Waals surface area contributed by atoms with Gasteiger partial charge in [0.2, 0.25) is 0 Å². The zero-order valence-corrected chi connectivity index (χ0v) is 14.8. The minimum absolute atomic E-state index is 0.0326. The average Bonchev–Trinajstić information content (AvgIpc) is 3.06. The lowest BCUT2D eigenvalue weighted by molar-refractivity contribution is 0.101. The van der Waals surface area contributed by atoms with Gasteiger partial charge in [0, 0.05) is 29.9 Å². The summed E-state index contributed by atoms with van der Waals surface area (Å²) in [5.41, 5.74) is 4.55. The molecule has 6 heteroatoms. The summed E-state index contributed by atoms with van der Waals surface area (Å²) >= 11 is 0. The molecule has 130 valence electrons. The van der Waals surface area contributed by atoms with Gasteiger partial charge in [-0.15, -0.1) is 0 Å². The average molecular weight is 339 g/mol. The summed E-state index contributed by atoms with van der Waals surface area (Å²) in [6, 6.07) is 5.33. The zero-order valence-electron chi connectivity index (χ0n) is 14.8. The molecular weight excluding hydrogens is 318 g/mol. The number of benzene rings is 1. The summed E-state index contributed by atoms with van der Waals surface area (Å²) < 4.78 is 5.50. The second-order valence-electron chi connectivity index (χ2n) is 6.15. The van der Waals surface area contributed by atoms with Crippen LogP contribution < -0.4 is 5.32 Å². The van der Waals surface area contributed by atoms with E-state index in [1.807, 2.05) is 13.8 Å². The fourth-order valence-corrected chi connectivity index (χ4v) is 3.16. The fourth-order valence-electron chi connectivity index (χ4n) is 3.16. The van der Waals surface area contributed by atoms with Crippen molar-refractivity contribution in [2.24, 2.45) is 0 Å². The van der Waals surface area contributed by atoms with Crippen molar-refractivity contribution in [1.29, 1.82) is 0 Å². The Morgan fingerprint density at radius 2 is 2.04 bits per heavy atom. The number of ketones is 1. The number of hydrogen-bond acceptors (Lipinski definition) is 4. The van der Waals surface area contributed by atoms with Gasteiger partial charge in [0.1, 0.15) is 11.2 Å². The normalized spacial score (nSPS) is 11.0. The second-order valence-corrected chi connectivity index (χ2v) is 6.15. The number of carbonyl (C=O) groups is 2. The fraction of sp³-hybridized carbons (Fsp3) is 0.316. The number of aromatic nitrogens is 2. The van der Waals surface area contributed by atoms with E-state index in [-0.39, 0.29) is 11.7 Å². The third-order valence-electron chi connectivity index (χ3n) is 4.12. The van der Waals surface area contributed by atoms with E-state index in [9.17, 15) is 9.59 Å². The molecule has 1 amide bonds. The number of nitrogens with one attached hydrogen (secondary N) is 2. The summed E-state index contributed by atoms with van der Waals surface area (Å²) in [6.07, 6.45) is 1.52. The van der Waals surface area contributed by atoms with E-state index < -0.39 is 0 Å². The van der Waals surface area contributed by atoms with E-state index in [2.05, 4.69) is 15.3 Å². The number of oxazole rings is 1. The quantitative estimate of drug-likeness (QED) is 0.683. The lowest BCUT2D eigenvalue weighted by Crippen LogP contribution is -2.15. The number of aryl methyl sites for hydroxylation is 2. The van der Waals surface area contributed by atoms with E-state index in [4.69, 9.17) is 4.42 Å². The van der Waals surface area contributed by atoms with Crippen LogP contribution >= 0.6 is 0 Å². The Labute approximate surface area is 145 Å². The van der Waals surface area contributed by atoms with Crippen LogP contribution in [0.3, 0.4) is 0 Å². The summed E-state index contributed by atoms with van der Waals surface area (Å²) in [6.45, 7) is 7.14. The van der Waals surface area contributed by atoms with Crippen LogP contribution in [0.5, 0.6) is 0 Å². The van der Waals surface area contributed by atoms with Gasteiger partial charge in [0.25, 0.3) is 5.91 Å².